The molecular weight excluding hydrogens is 272 g/mol. The van der Waals surface area contributed by atoms with Crippen molar-refractivity contribution in [2.45, 2.75) is 33.2 Å². The Labute approximate surface area is 133 Å². The molecule has 116 valence electrons. The summed E-state index contributed by atoms with van der Waals surface area (Å²) in [6.45, 7) is 7.55. The molecule has 0 bridgehead atoms. The number of benzene rings is 2. The summed E-state index contributed by atoms with van der Waals surface area (Å²) in [6, 6.07) is 18.0. The Bertz CT molecular complexity index is 608. The lowest BCUT2D eigenvalue weighted by molar-refractivity contribution is 0.212. The summed E-state index contributed by atoms with van der Waals surface area (Å²) in [7, 11) is 0. The average molecular weight is 296 g/mol. The molecule has 0 aliphatic carbocycles. The van der Waals surface area contributed by atoms with Crippen LogP contribution in [0.5, 0.6) is 0 Å². The Morgan fingerprint density at radius 3 is 2.32 bits per heavy atom. The van der Waals surface area contributed by atoms with Crippen molar-refractivity contribution in [1.29, 1.82) is 0 Å². The summed E-state index contributed by atoms with van der Waals surface area (Å²) in [4.78, 5) is 14.3. The van der Waals surface area contributed by atoms with Gasteiger partial charge in [-0.1, -0.05) is 62.4 Å². The van der Waals surface area contributed by atoms with Crippen molar-refractivity contribution in [1.82, 2.24) is 4.90 Å². The largest absolute Gasteiger partial charge is 0.322 e. The Morgan fingerprint density at radius 2 is 1.68 bits per heavy atom. The molecule has 3 nitrogen and oxygen atoms in total. The van der Waals surface area contributed by atoms with Crippen LogP contribution in [0.3, 0.4) is 0 Å². The lowest BCUT2D eigenvalue weighted by Gasteiger charge is -2.23. The normalized spacial score (nSPS) is 10.5. The summed E-state index contributed by atoms with van der Waals surface area (Å²) < 4.78 is 0. The molecule has 2 aromatic rings. The summed E-state index contributed by atoms with van der Waals surface area (Å²) in [5, 5.41) is 3.05. The number of nitrogens with zero attached hydrogens (tertiary/aromatic N) is 1. The van der Waals surface area contributed by atoms with E-state index in [1.165, 1.54) is 0 Å². The standard InChI is InChI=1S/C19H24N2O/c1-4-21(14-16-10-6-5-7-11-16)19(22)20-18-13-9-8-12-17(18)15(2)3/h5-13,15H,4,14H2,1-3H3,(H,20,22). The molecule has 0 atom stereocenters. The van der Waals surface area contributed by atoms with Crippen molar-refractivity contribution < 1.29 is 4.79 Å². The van der Waals surface area contributed by atoms with Crippen LogP contribution >= 0.6 is 0 Å². The molecule has 1 N–H and O–H groups in total. The molecule has 3 heteroatoms. The van der Waals surface area contributed by atoms with Crippen LogP contribution in [0.15, 0.2) is 54.6 Å². The predicted molar refractivity (Wildman–Crippen MR) is 92.1 cm³/mol. The molecule has 0 saturated carbocycles. The minimum absolute atomic E-state index is 0.0561. The van der Waals surface area contributed by atoms with Gasteiger partial charge in [0, 0.05) is 18.8 Å². The topological polar surface area (TPSA) is 32.3 Å². The van der Waals surface area contributed by atoms with E-state index < -0.39 is 0 Å². The quantitative estimate of drug-likeness (QED) is 0.839. The highest BCUT2D eigenvalue weighted by molar-refractivity contribution is 5.90. The number of carbonyl (C=O) groups excluding carboxylic acids is 1. The lowest BCUT2D eigenvalue weighted by Crippen LogP contribution is -2.34. The first kappa shape index (κ1) is 16.1. The summed E-state index contributed by atoms with van der Waals surface area (Å²) in [6.07, 6.45) is 0. The van der Waals surface area contributed by atoms with Gasteiger partial charge in [-0.3, -0.25) is 0 Å². The summed E-state index contributed by atoms with van der Waals surface area (Å²) in [5.74, 6) is 0.376. The van der Waals surface area contributed by atoms with Crippen molar-refractivity contribution in [2.75, 3.05) is 11.9 Å². The molecule has 0 aromatic heterocycles. The first-order valence-electron chi connectivity index (χ1n) is 7.80. The maximum Gasteiger partial charge on any atom is 0.322 e. The zero-order valence-corrected chi connectivity index (χ0v) is 13.5. The van der Waals surface area contributed by atoms with Crippen molar-refractivity contribution in [3.05, 3.63) is 65.7 Å². The minimum atomic E-state index is -0.0561. The second-order valence-electron chi connectivity index (χ2n) is 5.67. The van der Waals surface area contributed by atoms with Crippen LogP contribution in [-0.4, -0.2) is 17.5 Å². The molecule has 2 aromatic carbocycles. The van der Waals surface area contributed by atoms with Gasteiger partial charge in [0.15, 0.2) is 0 Å². The highest BCUT2D eigenvalue weighted by Gasteiger charge is 2.14. The zero-order valence-electron chi connectivity index (χ0n) is 13.5. The van der Waals surface area contributed by atoms with Crippen molar-refractivity contribution in [3.63, 3.8) is 0 Å². The number of para-hydroxylation sites is 1. The third kappa shape index (κ3) is 4.10. The van der Waals surface area contributed by atoms with E-state index in [2.05, 4.69) is 25.2 Å². The van der Waals surface area contributed by atoms with Gasteiger partial charge < -0.3 is 10.2 Å². The molecule has 0 fully saturated rings. The summed E-state index contributed by atoms with van der Waals surface area (Å²) >= 11 is 0. The van der Waals surface area contributed by atoms with E-state index in [4.69, 9.17) is 0 Å². The second-order valence-corrected chi connectivity index (χ2v) is 5.67. The molecule has 0 aliphatic rings. The van der Waals surface area contributed by atoms with E-state index in [9.17, 15) is 4.79 Å². The van der Waals surface area contributed by atoms with Crippen LogP contribution in [-0.2, 0) is 6.54 Å². The van der Waals surface area contributed by atoms with E-state index in [1.54, 1.807) is 0 Å². The summed E-state index contributed by atoms with van der Waals surface area (Å²) in [5.41, 5.74) is 3.19. The molecule has 2 rings (SSSR count). The maximum absolute atomic E-state index is 12.5. The number of rotatable bonds is 5. The minimum Gasteiger partial charge on any atom is -0.320 e. The molecule has 22 heavy (non-hydrogen) atoms. The predicted octanol–water partition coefficient (Wildman–Crippen LogP) is 4.86. The smallest absolute Gasteiger partial charge is 0.320 e. The zero-order chi connectivity index (χ0) is 15.9. The van der Waals surface area contributed by atoms with Gasteiger partial charge in [-0.2, -0.15) is 0 Å². The van der Waals surface area contributed by atoms with Crippen LogP contribution in [0.1, 0.15) is 37.8 Å². The van der Waals surface area contributed by atoms with Gasteiger partial charge in [-0.05, 0) is 30.0 Å². The van der Waals surface area contributed by atoms with Gasteiger partial charge in [0.1, 0.15) is 0 Å². The van der Waals surface area contributed by atoms with Crippen LogP contribution in [0, 0.1) is 0 Å². The van der Waals surface area contributed by atoms with Crippen LogP contribution in [0.25, 0.3) is 0 Å². The molecular formula is C19H24N2O. The second kappa shape index (κ2) is 7.64. The molecule has 0 unspecified atom stereocenters. The molecule has 0 heterocycles. The van der Waals surface area contributed by atoms with Gasteiger partial charge in [0.05, 0.1) is 0 Å². The number of carbonyl (C=O) groups is 1. The van der Waals surface area contributed by atoms with Crippen molar-refractivity contribution in [3.8, 4) is 0 Å². The van der Waals surface area contributed by atoms with E-state index in [-0.39, 0.29) is 6.03 Å². The van der Waals surface area contributed by atoms with Crippen LogP contribution in [0.2, 0.25) is 0 Å². The first-order valence-corrected chi connectivity index (χ1v) is 7.80. The van der Waals surface area contributed by atoms with E-state index >= 15 is 0 Å². The molecule has 0 aliphatic heterocycles. The number of hydrogen-bond acceptors (Lipinski definition) is 1. The van der Waals surface area contributed by atoms with Gasteiger partial charge in [0.25, 0.3) is 0 Å². The van der Waals surface area contributed by atoms with Gasteiger partial charge in [-0.15, -0.1) is 0 Å². The Balaban J connectivity index is 2.10. The SMILES string of the molecule is CCN(Cc1ccccc1)C(=O)Nc1ccccc1C(C)C. The number of amides is 2. The fourth-order valence-corrected chi connectivity index (χ4v) is 2.44. The number of anilines is 1. The average Bonchev–Trinajstić information content (AvgIpc) is 2.53. The van der Waals surface area contributed by atoms with Crippen LogP contribution in [0.4, 0.5) is 10.5 Å². The molecule has 0 spiro atoms. The van der Waals surface area contributed by atoms with Crippen molar-refractivity contribution in [2.24, 2.45) is 0 Å². The van der Waals surface area contributed by atoms with Crippen LogP contribution < -0.4 is 5.32 Å². The highest BCUT2D eigenvalue weighted by atomic mass is 16.2. The third-order valence-electron chi connectivity index (χ3n) is 3.71. The van der Waals surface area contributed by atoms with E-state index in [0.717, 1.165) is 16.8 Å². The number of hydrogen-bond donors (Lipinski definition) is 1. The highest BCUT2D eigenvalue weighted by Crippen LogP contribution is 2.24. The van der Waals surface area contributed by atoms with Gasteiger partial charge in [0.2, 0.25) is 0 Å². The Morgan fingerprint density at radius 1 is 1.05 bits per heavy atom. The van der Waals surface area contributed by atoms with Gasteiger partial charge >= 0.3 is 6.03 Å². The van der Waals surface area contributed by atoms with Gasteiger partial charge in [-0.25, -0.2) is 4.79 Å². The van der Waals surface area contributed by atoms with E-state index in [1.807, 2.05) is 60.4 Å². The monoisotopic (exact) mass is 296 g/mol. The maximum atomic E-state index is 12.5. The fourth-order valence-electron chi connectivity index (χ4n) is 2.44. The Hall–Kier alpha value is -2.29. The molecule has 0 radical (unpaired) electrons. The fraction of sp³-hybridized carbons (Fsp3) is 0.316. The lowest BCUT2D eigenvalue weighted by atomic mass is 10.0. The third-order valence-corrected chi connectivity index (χ3v) is 3.71. The molecule has 0 saturated heterocycles. The first-order chi connectivity index (χ1) is 10.6. The van der Waals surface area contributed by atoms with E-state index in [0.29, 0.717) is 19.0 Å². The Kier molecular flexibility index (Phi) is 5.59. The number of urea groups is 1. The van der Waals surface area contributed by atoms with Crippen molar-refractivity contribution >= 4 is 11.7 Å². The molecule has 2 amide bonds. The number of nitrogens with one attached hydrogen (secondary N) is 1.